The Morgan fingerprint density at radius 3 is 2.70 bits per heavy atom. The molecule has 2 aromatic heterocycles. The molecule has 1 aromatic carbocycles. The van der Waals surface area contributed by atoms with Gasteiger partial charge < -0.3 is 4.98 Å². The van der Waals surface area contributed by atoms with Crippen molar-refractivity contribution in [3.63, 3.8) is 0 Å². The smallest absolute Gasteiger partial charge is 0.260 e. The third kappa shape index (κ3) is 2.60. The Morgan fingerprint density at radius 1 is 1.22 bits per heavy atom. The quantitative estimate of drug-likeness (QED) is 0.796. The van der Waals surface area contributed by atoms with Crippen molar-refractivity contribution in [2.45, 2.75) is 25.8 Å². The van der Waals surface area contributed by atoms with Crippen LogP contribution in [-0.2, 0) is 0 Å². The van der Waals surface area contributed by atoms with Gasteiger partial charge in [-0.15, -0.1) is 11.3 Å². The van der Waals surface area contributed by atoms with Crippen molar-refractivity contribution in [3.8, 4) is 11.1 Å². The molecule has 1 unspecified atom stereocenters. The number of likely N-dealkylation sites (tertiary alicyclic amines) is 1. The normalized spacial score (nSPS) is 16.9. The van der Waals surface area contributed by atoms with Crippen molar-refractivity contribution in [3.05, 3.63) is 51.9 Å². The molecule has 1 fully saturated rings. The highest BCUT2D eigenvalue weighted by molar-refractivity contribution is 7.17. The zero-order valence-corrected chi connectivity index (χ0v) is 13.9. The number of hydrogen-bond donors (Lipinski definition) is 1. The molecule has 118 valence electrons. The van der Waals surface area contributed by atoms with Crippen LogP contribution in [0.5, 0.6) is 0 Å². The zero-order valence-electron chi connectivity index (χ0n) is 13.1. The van der Waals surface area contributed by atoms with E-state index in [0.29, 0.717) is 5.39 Å². The van der Waals surface area contributed by atoms with Gasteiger partial charge in [0, 0.05) is 10.9 Å². The summed E-state index contributed by atoms with van der Waals surface area (Å²) in [6, 6.07) is 10.2. The molecule has 3 aromatic rings. The lowest BCUT2D eigenvalue weighted by atomic mass is 10.1. The van der Waals surface area contributed by atoms with Crippen LogP contribution in [0, 0.1) is 0 Å². The highest BCUT2D eigenvalue weighted by Gasteiger charge is 2.22. The topological polar surface area (TPSA) is 49.0 Å². The minimum atomic E-state index is -0.0313. The molecule has 1 N–H and O–H groups in total. The summed E-state index contributed by atoms with van der Waals surface area (Å²) >= 11 is 1.55. The maximum Gasteiger partial charge on any atom is 0.260 e. The molecule has 1 aliphatic heterocycles. The lowest BCUT2D eigenvalue weighted by Gasteiger charge is -2.22. The highest BCUT2D eigenvalue weighted by atomic mass is 32.1. The van der Waals surface area contributed by atoms with Gasteiger partial charge in [-0.2, -0.15) is 0 Å². The maximum atomic E-state index is 12.7. The molecule has 0 bridgehead atoms. The SMILES string of the molecule is CC(c1nc2scc(-c3ccccc3)c2c(=O)[nH]1)N1CCCC1. The van der Waals surface area contributed by atoms with Crippen molar-refractivity contribution in [1.29, 1.82) is 0 Å². The number of thiophene rings is 1. The first kappa shape index (κ1) is 14.6. The molecule has 1 saturated heterocycles. The second-order valence-electron chi connectivity index (χ2n) is 6.07. The van der Waals surface area contributed by atoms with Gasteiger partial charge in [0.2, 0.25) is 0 Å². The average molecular weight is 325 g/mol. The van der Waals surface area contributed by atoms with E-state index in [2.05, 4.69) is 16.8 Å². The van der Waals surface area contributed by atoms with Gasteiger partial charge in [-0.05, 0) is 38.4 Å². The van der Waals surface area contributed by atoms with E-state index < -0.39 is 0 Å². The molecule has 5 heteroatoms. The number of benzene rings is 1. The van der Waals surface area contributed by atoms with Crippen molar-refractivity contribution < 1.29 is 0 Å². The average Bonchev–Trinajstić information content (AvgIpc) is 3.24. The summed E-state index contributed by atoms with van der Waals surface area (Å²) in [6.07, 6.45) is 2.46. The molecule has 4 rings (SSSR count). The summed E-state index contributed by atoms with van der Waals surface area (Å²) in [5.41, 5.74) is 2.00. The number of nitrogens with zero attached hydrogens (tertiary/aromatic N) is 2. The van der Waals surface area contributed by atoms with E-state index in [9.17, 15) is 4.79 Å². The van der Waals surface area contributed by atoms with Crippen LogP contribution < -0.4 is 5.56 Å². The first-order chi connectivity index (χ1) is 11.2. The lowest BCUT2D eigenvalue weighted by molar-refractivity contribution is 0.253. The van der Waals surface area contributed by atoms with E-state index in [1.807, 2.05) is 35.7 Å². The second-order valence-corrected chi connectivity index (χ2v) is 6.92. The van der Waals surface area contributed by atoms with Gasteiger partial charge in [-0.25, -0.2) is 4.98 Å². The highest BCUT2D eigenvalue weighted by Crippen LogP contribution is 2.31. The predicted molar refractivity (Wildman–Crippen MR) is 94.9 cm³/mol. The van der Waals surface area contributed by atoms with Gasteiger partial charge in [0.25, 0.3) is 5.56 Å². The molecule has 1 aliphatic rings. The number of nitrogens with one attached hydrogen (secondary N) is 1. The summed E-state index contributed by atoms with van der Waals surface area (Å²) in [7, 11) is 0. The Morgan fingerprint density at radius 2 is 1.96 bits per heavy atom. The molecule has 0 spiro atoms. The van der Waals surface area contributed by atoms with Crippen molar-refractivity contribution >= 4 is 21.6 Å². The van der Waals surface area contributed by atoms with Gasteiger partial charge in [0.1, 0.15) is 10.7 Å². The fourth-order valence-electron chi connectivity index (χ4n) is 3.30. The van der Waals surface area contributed by atoms with E-state index in [4.69, 9.17) is 4.98 Å². The van der Waals surface area contributed by atoms with Gasteiger partial charge in [-0.1, -0.05) is 30.3 Å². The minimum Gasteiger partial charge on any atom is -0.309 e. The van der Waals surface area contributed by atoms with Crippen LogP contribution in [0.15, 0.2) is 40.5 Å². The van der Waals surface area contributed by atoms with Crippen molar-refractivity contribution in [1.82, 2.24) is 14.9 Å². The molecule has 0 radical (unpaired) electrons. The van der Waals surface area contributed by atoms with Crippen LogP contribution in [0.4, 0.5) is 0 Å². The van der Waals surface area contributed by atoms with Crippen LogP contribution in [0.25, 0.3) is 21.3 Å². The largest absolute Gasteiger partial charge is 0.309 e. The molecule has 0 aliphatic carbocycles. The Bertz CT molecular complexity index is 878. The molecule has 1 atom stereocenters. The Hall–Kier alpha value is -1.98. The van der Waals surface area contributed by atoms with Crippen molar-refractivity contribution in [2.75, 3.05) is 13.1 Å². The summed E-state index contributed by atoms with van der Waals surface area (Å²) in [5, 5.41) is 2.74. The van der Waals surface area contributed by atoms with Gasteiger partial charge in [0.15, 0.2) is 0 Å². The molecular formula is C18H19N3OS. The molecule has 4 nitrogen and oxygen atoms in total. The fraction of sp³-hybridized carbons (Fsp3) is 0.333. The Balaban J connectivity index is 1.79. The Kier molecular flexibility index (Phi) is 3.75. The Labute approximate surface area is 138 Å². The summed E-state index contributed by atoms with van der Waals surface area (Å²) < 4.78 is 0. The first-order valence-electron chi connectivity index (χ1n) is 8.05. The third-order valence-electron chi connectivity index (χ3n) is 4.63. The van der Waals surface area contributed by atoms with Crippen LogP contribution in [0.3, 0.4) is 0 Å². The summed E-state index contributed by atoms with van der Waals surface area (Å²) in [4.78, 5) is 23.6. The van der Waals surface area contributed by atoms with Crippen molar-refractivity contribution in [2.24, 2.45) is 0 Å². The summed E-state index contributed by atoms with van der Waals surface area (Å²) in [5.74, 6) is 0.783. The number of aromatic nitrogens is 2. The standard InChI is InChI=1S/C18H19N3OS/c1-12(21-9-5-6-10-21)16-19-17(22)15-14(11-23-18(15)20-16)13-7-3-2-4-8-13/h2-4,7-8,11-12H,5-6,9-10H2,1H3,(H,19,20,22). The maximum absolute atomic E-state index is 12.7. The van der Waals surface area contributed by atoms with E-state index in [1.54, 1.807) is 11.3 Å². The third-order valence-corrected chi connectivity index (χ3v) is 5.50. The monoisotopic (exact) mass is 325 g/mol. The number of fused-ring (bicyclic) bond motifs is 1. The lowest BCUT2D eigenvalue weighted by Crippen LogP contribution is -2.26. The van der Waals surface area contributed by atoms with Crippen LogP contribution in [0.1, 0.15) is 31.6 Å². The number of rotatable bonds is 3. The number of H-pyrrole nitrogens is 1. The van der Waals surface area contributed by atoms with Crippen LogP contribution in [0.2, 0.25) is 0 Å². The minimum absolute atomic E-state index is 0.0313. The number of hydrogen-bond acceptors (Lipinski definition) is 4. The van der Waals surface area contributed by atoms with Crippen LogP contribution >= 0.6 is 11.3 Å². The van der Waals surface area contributed by atoms with Gasteiger partial charge >= 0.3 is 0 Å². The number of aromatic amines is 1. The van der Waals surface area contributed by atoms with E-state index in [0.717, 1.165) is 34.9 Å². The first-order valence-corrected chi connectivity index (χ1v) is 8.93. The van der Waals surface area contributed by atoms with Crippen LogP contribution in [-0.4, -0.2) is 28.0 Å². The summed E-state index contributed by atoms with van der Waals surface area (Å²) in [6.45, 7) is 4.30. The zero-order chi connectivity index (χ0) is 15.8. The molecular weight excluding hydrogens is 306 g/mol. The fourth-order valence-corrected chi connectivity index (χ4v) is 4.25. The second kappa shape index (κ2) is 5.91. The predicted octanol–water partition coefficient (Wildman–Crippen LogP) is 3.81. The van der Waals surface area contributed by atoms with E-state index in [1.165, 1.54) is 12.8 Å². The molecule has 3 heterocycles. The van der Waals surface area contributed by atoms with Gasteiger partial charge in [-0.3, -0.25) is 9.69 Å². The molecule has 23 heavy (non-hydrogen) atoms. The molecule has 0 saturated carbocycles. The van der Waals surface area contributed by atoms with E-state index in [-0.39, 0.29) is 11.6 Å². The molecule has 0 amide bonds. The van der Waals surface area contributed by atoms with E-state index >= 15 is 0 Å². The van der Waals surface area contributed by atoms with Gasteiger partial charge in [0.05, 0.1) is 11.4 Å².